The van der Waals surface area contributed by atoms with E-state index in [9.17, 15) is 54.3 Å². The molecule has 0 spiro atoms. The number of carboxylic acids is 1. The van der Waals surface area contributed by atoms with Crippen molar-refractivity contribution in [2.45, 2.75) is 119 Å². The number of benzene rings is 6. The normalized spacial score (nSPS) is 16.1. The van der Waals surface area contributed by atoms with Gasteiger partial charge in [0.2, 0.25) is 6.29 Å². The quantitative estimate of drug-likeness (QED) is 0.0159. The third kappa shape index (κ3) is 23.2. The summed E-state index contributed by atoms with van der Waals surface area (Å²) >= 11 is 0. The first-order valence-corrected chi connectivity index (χ1v) is 26.3. The lowest BCUT2D eigenvalue weighted by Crippen LogP contribution is -2.58. The van der Waals surface area contributed by atoms with Gasteiger partial charge in [-0.15, -0.1) is 0 Å². The van der Waals surface area contributed by atoms with Gasteiger partial charge in [0.25, 0.3) is 0 Å². The molecule has 472 valence electrons. The van der Waals surface area contributed by atoms with Crippen LogP contribution in [0.1, 0.15) is 135 Å². The van der Waals surface area contributed by atoms with Crippen LogP contribution in [0.25, 0.3) is 0 Å². The van der Waals surface area contributed by atoms with Gasteiger partial charge in [-0.05, 0) is 127 Å². The largest absolute Gasteiger partial charge is 0.496 e. The topological polar surface area (TPSA) is 316 Å². The van der Waals surface area contributed by atoms with Crippen LogP contribution in [0.2, 0.25) is 0 Å². The Morgan fingerprint density at radius 3 is 1.28 bits per heavy atom. The molecule has 0 aliphatic carbocycles. The van der Waals surface area contributed by atoms with Crippen molar-refractivity contribution in [1.82, 2.24) is 0 Å². The zero-order valence-electron chi connectivity index (χ0n) is 46.8. The van der Waals surface area contributed by atoms with E-state index in [0.717, 1.165) is 16.7 Å². The van der Waals surface area contributed by atoms with Crippen LogP contribution in [-0.2, 0) is 38.8 Å². The number of carboxylic acid groups (broad SMARTS) is 1. The number of aromatic carboxylic acids is 1. The molecule has 1 aliphatic heterocycles. The molecule has 0 saturated carbocycles. The zero-order chi connectivity index (χ0) is 61.1. The Morgan fingerprint density at radius 2 is 0.897 bits per heavy atom. The van der Waals surface area contributed by atoms with Crippen LogP contribution in [0.3, 0.4) is 0 Å². The van der Waals surface area contributed by atoms with Gasteiger partial charge in [-0.1, -0.05) is 72.5 Å². The van der Waals surface area contributed by atoms with E-state index in [-0.39, 0.29) is 79.0 Å². The second-order valence-corrected chi connectivity index (χ2v) is 18.6. The van der Waals surface area contributed by atoms with Crippen LogP contribution >= 0.6 is 0 Å². The molecule has 22 heteroatoms. The SMILES string of the molecule is C.C.C.CC[C@@H](O)COC(=O)c1ccc(COc2ccc(OC)c(C=O)c2)cc1.CC[C@@H](O)COC(=O)c1ccc(COc2ccc(O[C@@H]3OC(C)[C@@H](O)[C@H](O)C3O)c(C=O)c2)cc1.COCOc1ccc(OCc2ccc(C(=O)O)cc2)cc1C=O. The monoisotopic (exact) mass is 1210 g/mol. The van der Waals surface area contributed by atoms with Crippen molar-refractivity contribution < 1.29 is 107 Å². The maximum Gasteiger partial charge on any atom is 0.338 e. The van der Waals surface area contributed by atoms with Crippen LogP contribution in [0.4, 0.5) is 0 Å². The van der Waals surface area contributed by atoms with Gasteiger partial charge in [-0.3, -0.25) is 14.4 Å². The maximum atomic E-state index is 12.0. The van der Waals surface area contributed by atoms with Gasteiger partial charge >= 0.3 is 17.9 Å². The van der Waals surface area contributed by atoms with Crippen molar-refractivity contribution in [3.8, 4) is 34.5 Å². The second kappa shape index (κ2) is 38.3. The number of methoxy groups -OCH3 is 2. The van der Waals surface area contributed by atoms with E-state index >= 15 is 0 Å². The molecular formula is C65H80O22. The highest BCUT2D eigenvalue weighted by Gasteiger charge is 2.43. The molecular weight excluding hydrogens is 1130 g/mol. The second-order valence-electron chi connectivity index (χ2n) is 18.6. The summed E-state index contributed by atoms with van der Waals surface area (Å²) in [7, 11) is 2.99. The molecule has 1 aliphatic rings. The molecule has 1 heterocycles. The fraction of sp³-hybridized carbons (Fsp3) is 0.354. The molecule has 0 amide bonds. The Hall–Kier alpha value is -8.74. The number of aliphatic hydroxyl groups excluding tert-OH is 5. The number of carbonyl (C=O) groups excluding carboxylic acids is 5. The van der Waals surface area contributed by atoms with Gasteiger partial charge in [0.15, 0.2) is 25.7 Å². The third-order valence-corrected chi connectivity index (χ3v) is 12.5. The zero-order valence-corrected chi connectivity index (χ0v) is 46.8. The van der Waals surface area contributed by atoms with Gasteiger partial charge in [-0.2, -0.15) is 0 Å². The van der Waals surface area contributed by atoms with Gasteiger partial charge in [0, 0.05) is 7.11 Å². The molecule has 6 aromatic rings. The highest BCUT2D eigenvalue weighted by molar-refractivity contribution is 5.90. The standard InChI is InChI=1S/C25H30O10.C20H22O6.C17H16O6.3CH4/c1-3-18(27)13-33-24(31)16-6-4-15(5-7-16)12-32-19-8-9-20(17(10-19)11-26)35-25-23(30)22(29)21(28)14(2)34-25;1-3-17(22)13-26-20(23)15-6-4-14(5-7-15)12-25-18-8-9-19(24-2)16(10-18)11-21;1-21-11-23-16-7-6-15(8-14(16)9-18)22-10-12-2-4-13(5-3-12)17(19)20;;;/h4-11,14,18,21-23,25,27-30H,3,12-13H2,1-2H3;4-11,17,22H,3,12-13H2,1-2H3;2-9H,10-11H2,1H3,(H,19,20);3*1H4/t14?,18-,21-,22+,23?,25+;17-;;;;/m11..../s1. The predicted octanol–water partition coefficient (Wildman–Crippen LogP) is 8.89. The first kappa shape index (κ1) is 74.4. The Labute approximate surface area is 506 Å². The highest BCUT2D eigenvalue weighted by Crippen LogP contribution is 2.30. The number of ether oxygens (including phenoxy) is 10. The van der Waals surface area contributed by atoms with Crippen molar-refractivity contribution in [1.29, 1.82) is 0 Å². The number of aliphatic hydroxyl groups is 5. The van der Waals surface area contributed by atoms with Crippen LogP contribution < -0.4 is 28.4 Å². The summed E-state index contributed by atoms with van der Waals surface area (Å²) in [6.45, 7) is 5.81. The van der Waals surface area contributed by atoms with E-state index in [1.165, 1.54) is 45.4 Å². The number of hydrogen-bond acceptors (Lipinski definition) is 21. The summed E-state index contributed by atoms with van der Waals surface area (Å²) in [5, 5.41) is 57.6. The average Bonchev–Trinajstić information content (AvgIpc) is 2.90. The average molecular weight is 1210 g/mol. The Kier molecular flexibility index (Phi) is 32.8. The number of esters is 2. The number of hydrogen-bond donors (Lipinski definition) is 6. The smallest absolute Gasteiger partial charge is 0.338 e. The fourth-order valence-electron chi connectivity index (χ4n) is 7.37. The molecule has 1 saturated heterocycles. The van der Waals surface area contributed by atoms with E-state index < -0.39 is 60.8 Å². The molecule has 0 aromatic heterocycles. The van der Waals surface area contributed by atoms with E-state index in [1.807, 2.05) is 6.92 Å². The molecule has 0 bridgehead atoms. The summed E-state index contributed by atoms with van der Waals surface area (Å²) in [4.78, 5) is 68.4. The van der Waals surface area contributed by atoms with Crippen molar-refractivity contribution >= 4 is 36.8 Å². The van der Waals surface area contributed by atoms with Crippen LogP contribution in [0.5, 0.6) is 34.5 Å². The first-order chi connectivity index (χ1) is 40.4. The Bertz CT molecular complexity index is 3060. The molecule has 6 N–H and O–H groups in total. The number of rotatable bonds is 27. The molecule has 7 atom stereocenters. The molecule has 2 unspecified atom stereocenters. The van der Waals surface area contributed by atoms with Crippen LogP contribution in [0.15, 0.2) is 127 Å². The first-order valence-electron chi connectivity index (χ1n) is 26.3. The lowest BCUT2D eigenvalue weighted by molar-refractivity contribution is -0.268. The van der Waals surface area contributed by atoms with E-state index in [1.54, 1.807) is 110 Å². The Balaban J connectivity index is 0.000000449. The highest BCUT2D eigenvalue weighted by atomic mass is 16.7. The van der Waals surface area contributed by atoms with Crippen LogP contribution in [0, 0.1) is 0 Å². The van der Waals surface area contributed by atoms with E-state index in [2.05, 4.69) is 0 Å². The summed E-state index contributed by atoms with van der Waals surface area (Å²) in [6.07, 6.45) is -4.65. The van der Waals surface area contributed by atoms with Crippen molar-refractivity contribution in [2.24, 2.45) is 0 Å². The van der Waals surface area contributed by atoms with Crippen molar-refractivity contribution in [2.75, 3.05) is 34.2 Å². The van der Waals surface area contributed by atoms with Gasteiger partial charge < -0.3 is 78.0 Å². The summed E-state index contributed by atoms with van der Waals surface area (Å²) < 4.78 is 53.2. The van der Waals surface area contributed by atoms with Crippen LogP contribution in [-0.4, -0.2) is 145 Å². The van der Waals surface area contributed by atoms with Crippen molar-refractivity contribution in [3.05, 3.63) is 177 Å². The lowest BCUT2D eigenvalue weighted by atomic mass is 10.00. The molecule has 0 radical (unpaired) electrons. The van der Waals surface area contributed by atoms with Crippen molar-refractivity contribution in [3.63, 3.8) is 0 Å². The third-order valence-electron chi connectivity index (χ3n) is 12.5. The van der Waals surface area contributed by atoms with E-state index in [0.29, 0.717) is 82.7 Å². The Morgan fingerprint density at radius 1 is 0.517 bits per heavy atom. The minimum Gasteiger partial charge on any atom is -0.496 e. The lowest BCUT2D eigenvalue weighted by Gasteiger charge is -2.39. The predicted molar refractivity (Wildman–Crippen MR) is 320 cm³/mol. The molecule has 7 rings (SSSR count). The fourth-order valence-corrected chi connectivity index (χ4v) is 7.37. The molecule has 1 fully saturated rings. The van der Waals surface area contributed by atoms with E-state index in [4.69, 9.17) is 52.5 Å². The number of aldehydes is 3. The molecule has 6 aromatic carbocycles. The molecule has 87 heavy (non-hydrogen) atoms. The maximum absolute atomic E-state index is 12.0. The molecule has 22 nitrogen and oxygen atoms in total. The van der Waals surface area contributed by atoms with Gasteiger partial charge in [-0.25, -0.2) is 14.4 Å². The minimum atomic E-state index is -1.51. The minimum absolute atomic E-state index is 0. The van der Waals surface area contributed by atoms with Gasteiger partial charge in [0.05, 0.1) is 58.8 Å². The summed E-state index contributed by atoms with van der Waals surface area (Å²) in [5.74, 6) is 0.483. The summed E-state index contributed by atoms with van der Waals surface area (Å²) in [5.41, 5.74) is 4.34. The summed E-state index contributed by atoms with van der Waals surface area (Å²) in [6, 6.07) is 34.2. The van der Waals surface area contributed by atoms with Gasteiger partial charge in [0.1, 0.15) is 85.8 Å². The number of carbonyl (C=O) groups is 6.